The molecule has 0 spiro atoms. The van der Waals surface area contributed by atoms with E-state index in [0.717, 1.165) is 0 Å². The van der Waals surface area contributed by atoms with Crippen molar-refractivity contribution in [1.29, 1.82) is 0 Å². The molecule has 0 unspecified atom stereocenters. The summed E-state index contributed by atoms with van der Waals surface area (Å²) >= 11 is 0. The van der Waals surface area contributed by atoms with Crippen LogP contribution >= 0.6 is 0 Å². The van der Waals surface area contributed by atoms with Crippen molar-refractivity contribution in [3.05, 3.63) is 216 Å². The van der Waals surface area contributed by atoms with Gasteiger partial charge >= 0.3 is 0 Å². The molecule has 0 fully saturated rings. The number of fused-ring (bicyclic) bond motifs is 11. The Morgan fingerprint density at radius 3 is 0.692 bits per heavy atom. The van der Waals surface area contributed by atoms with E-state index in [-0.39, 0.29) is 21.7 Å². The fourth-order valence-corrected chi connectivity index (χ4v) is 13.6. The molecule has 0 saturated carbocycles. The maximum atomic E-state index is 2.56. The Kier molecular flexibility index (Phi) is 10.4. The van der Waals surface area contributed by atoms with Crippen LogP contribution in [0.5, 0.6) is 0 Å². The lowest BCUT2D eigenvalue weighted by Crippen LogP contribution is -2.12. The zero-order chi connectivity index (χ0) is 53.9. The van der Waals surface area contributed by atoms with Crippen molar-refractivity contribution in [2.75, 3.05) is 0 Å². The van der Waals surface area contributed by atoms with Gasteiger partial charge in [-0.05, 0) is 211 Å². The van der Waals surface area contributed by atoms with Crippen molar-refractivity contribution < 1.29 is 0 Å². The predicted molar refractivity (Wildman–Crippen MR) is 339 cm³/mol. The van der Waals surface area contributed by atoms with Crippen molar-refractivity contribution in [3.8, 4) is 89.0 Å². The molecule has 380 valence electrons. The summed E-state index contributed by atoms with van der Waals surface area (Å²) in [4.78, 5) is 0. The lowest BCUT2D eigenvalue weighted by molar-refractivity contribution is 0.589. The molecule has 0 radical (unpaired) electrons. The minimum atomic E-state index is -0.0700. The Bertz CT molecular complexity index is 4200. The van der Waals surface area contributed by atoms with Crippen LogP contribution < -0.4 is 0 Å². The van der Waals surface area contributed by atoms with Gasteiger partial charge in [0, 0.05) is 0 Å². The fraction of sp³-hybridized carbons (Fsp3) is 0.205. The van der Waals surface area contributed by atoms with Crippen LogP contribution in [-0.4, -0.2) is 0 Å². The molecule has 0 aromatic heterocycles. The summed E-state index contributed by atoms with van der Waals surface area (Å²) in [5.74, 6) is 0. The molecule has 0 heteroatoms. The van der Waals surface area contributed by atoms with Crippen LogP contribution in [0.4, 0.5) is 0 Å². The summed E-state index contributed by atoms with van der Waals surface area (Å²) in [5.41, 5.74) is 26.0. The van der Waals surface area contributed by atoms with Crippen molar-refractivity contribution >= 4 is 53.9 Å². The molecule has 12 aromatic carbocycles. The van der Waals surface area contributed by atoms with Crippen molar-refractivity contribution in [2.24, 2.45) is 0 Å². The number of benzene rings is 12. The average molecular weight is 1010 g/mol. The Morgan fingerprint density at radius 2 is 0.436 bits per heavy atom. The van der Waals surface area contributed by atoms with Gasteiger partial charge in [0.25, 0.3) is 0 Å². The molecule has 78 heavy (non-hydrogen) atoms. The summed E-state index contributed by atoms with van der Waals surface area (Å²) in [7, 11) is 0. The van der Waals surface area contributed by atoms with E-state index in [1.165, 1.54) is 165 Å². The highest BCUT2D eigenvalue weighted by molar-refractivity contribution is 6.36. The largest absolute Gasteiger partial charge is 0.0622 e. The summed E-state index contributed by atoms with van der Waals surface area (Å²) in [6.07, 6.45) is 0. The molecule has 0 aliphatic heterocycles. The molecule has 2 aliphatic carbocycles. The minimum Gasteiger partial charge on any atom is -0.0622 e. The van der Waals surface area contributed by atoms with E-state index < -0.39 is 0 Å². The molecule has 0 heterocycles. The summed E-state index contributed by atoms with van der Waals surface area (Å²) < 4.78 is 0. The third kappa shape index (κ3) is 7.18. The van der Waals surface area contributed by atoms with E-state index in [2.05, 4.69) is 277 Å². The van der Waals surface area contributed by atoms with Crippen LogP contribution in [0.1, 0.15) is 105 Å². The van der Waals surface area contributed by atoms with Gasteiger partial charge in [-0.3, -0.25) is 0 Å². The first-order valence-electron chi connectivity index (χ1n) is 28.3. The Balaban J connectivity index is 1.24. The monoisotopic (exact) mass is 1000 g/mol. The highest BCUT2D eigenvalue weighted by atomic mass is 14.4. The van der Waals surface area contributed by atoms with Crippen molar-refractivity contribution in [3.63, 3.8) is 0 Å². The van der Waals surface area contributed by atoms with Crippen LogP contribution in [0.25, 0.3) is 143 Å². The molecule has 0 atom stereocenters. The Labute approximate surface area is 461 Å². The maximum absolute atomic E-state index is 2.56. The maximum Gasteiger partial charge on any atom is -0.000709 e. The second kappa shape index (κ2) is 16.7. The molecule has 0 amide bonds. The molecule has 0 bridgehead atoms. The average Bonchev–Trinajstić information content (AvgIpc) is 4.13. The summed E-state index contributed by atoms with van der Waals surface area (Å²) in [6, 6.07) is 75.5. The van der Waals surface area contributed by atoms with Gasteiger partial charge in [-0.25, -0.2) is 0 Å². The zero-order valence-corrected chi connectivity index (χ0v) is 47.5. The van der Waals surface area contributed by atoms with Gasteiger partial charge in [0.2, 0.25) is 0 Å². The van der Waals surface area contributed by atoms with Crippen molar-refractivity contribution in [2.45, 2.75) is 105 Å². The van der Waals surface area contributed by atoms with Gasteiger partial charge in [0.15, 0.2) is 0 Å². The van der Waals surface area contributed by atoms with E-state index >= 15 is 0 Å². The SMILES string of the molecule is CC(C)(C)c1cc2c3c(cc(C(C)(C)C)cc3c1)-c1c-2c(-c2ccccc2)c2ccc3c(ccc4c(-c5ccccc5)c5c(c(-c6ccccc6)c43)-c3cc(C(C)(C)C)cc4cc(C(C)(C)C)cc-5c34)c2c1-c1ccccc1. The molecule has 12 aromatic rings. The Morgan fingerprint density at radius 1 is 0.205 bits per heavy atom. The number of hydrogen-bond donors (Lipinski definition) is 0. The molecular formula is C78H68. The summed E-state index contributed by atoms with van der Waals surface area (Å²) in [6.45, 7) is 28.4. The van der Waals surface area contributed by atoms with E-state index in [0.29, 0.717) is 0 Å². The fourth-order valence-electron chi connectivity index (χ4n) is 13.6. The first-order valence-corrected chi connectivity index (χ1v) is 28.3. The van der Waals surface area contributed by atoms with Crippen LogP contribution in [-0.2, 0) is 21.7 Å². The topological polar surface area (TPSA) is 0 Å². The predicted octanol–water partition coefficient (Wildman–Crippen LogP) is 22.6. The Hall–Kier alpha value is -8.06. The smallest absolute Gasteiger partial charge is 0.000709 e. The second-order valence-corrected chi connectivity index (χ2v) is 26.8. The lowest BCUT2D eigenvalue weighted by Gasteiger charge is -2.25. The molecule has 0 nitrogen and oxygen atoms in total. The second-order valence-electron chi connectivity index (χ2n) is 26.8. The van der Waals surface area contributed by atoms with Gasteiger partial charge in [-0.1, -0.05) is 253 Å². The minimum absolute atomic E-state index is 0.0556. The first-order chi connectivity index (χ1) is 37.3. The first kappa shape index (κ1) is 48.3. The highest BCUT2D eigenvalue weighted by Crippen LogP contribution is 2.63. The van der Waals surface area contributed by atoms with Crippen molar-refractivity contribution in [1.82, 2.24) is 0 Å². The quantitative estimate of drug-likeness (QED) is 0.154. The van der Waals surface area contributed by atoms with E-state index in [9.17, 15) is 0 Å². The van der Waals surface area contributed by atoms with E-state index in [1.807, 2.05) is 0 Å². The van der Waals surface area contributed by atoms with Crippen LogP contribution in [0.2, 0.25) is 0 Å². The number of hydrogen-bond acceptors (Lipinski definition) is 0. The molecule has 0 N–H and O–H groups in total. The number of rotatable bonds is 4. The third-order valence-corrected chi connectivity index (χ3v) is 17.6. The van der Waals surface area contributed by atoms with Gasteiger partial charge in [0.1, 0.15) is 0 Å². The molecule has 2 aliphatic rings. The van der Waals surface area contributed by atoms with Gasteiger partial charge in [-0.15, -0.1) is 0 Å². The molecular weight excluding hydrogens is 937 g/mol. The highest BCUT2D eigenvalue weighted by Gasteiger charge is 2.37. The summed E-state index contributed by atoms with van der Waals surface area (Å²) in [5, 5.41) is 13.0. The molecule has 14 rings (SSSR count). The van der Waals surface area contributed by atoms with Crippen LogP contribution in [0.3, 0.4) is 0 Å². The van der Waals surface area contributed by atoms with E-state index in [1.54, 1.807) is 0 Å². The van der Waals surface area contributed by atoms with Gasteiger partial charge < -0.3 is 0 Å². The van der Waals surface area contributed by atoms with E-state index in [4.69, 9.17) is 0 Å². The van der Waals surface area contributed by atoms with Crippen LogP contribution in [0, 0.1) is 0 Å². The van der Waals surface area contributed by atoms with Gasteiger partial charge in [-0.2, -0.15) is 0 Å². The zero-order valence-electron chi connectivity index (χ0n) is 47.5. The van der Waals surface area contributed by atoms with Gasteiger partial charge in [0.05, 0.1) is 0 Å². The normalized spacial score (nSPS) is 13.1. The third-order valence-electron chi connectivity index (χ3n) is 17.6. The lowest BCUT2D eigenvalue weighted by atomic mass is 9.77. The molecule has 0 saturated heterocycles. The standard InChI is InChI=1S/C78H68/c1-75(2,3)51-37-49-39-53(77(7,8)9)43-61-63(49)59(41-51)71-65(45-25-17-13-18-26-45)57-35-33-56-55(69(57)67(73(61)71)47-29-21-15-22-30-47)34-36-58-66(46-27-19-14-20-28-46)72-60-42-52(76(4,5)6)38-50-40-54(78(10,11)12)44-62(64(50)60)74(72)68(70(56)58)48-31-23-16-24-32-48/h13-44H,1-12H3. The van der Waals surface area contributed by atoms with Crippen LogP contribution in [0.15, 0.2) is 194 Å².